The summed E-state index contributed by atoms with van der Waals surface area (Å²) in [7, 11) is 1.62. The molecule has 2 aromatic carbocycles. The van der Waals surface area contributed by atoms with E-state index in [4.69, 9.17) is 9.47 Å². The van der Waals surface area contributed by atoms with Gasteiger partial charge in [0, 0.05) is 44.6 Å². The van der Waals surface area contributed by atoms with E-state index in [1.165, 1.54) is 0 Å². The number of benzene rings is 2. The summed E-state index contributed by atoms with van der Waals surface area (Å²) < 4.78 is 10.5. The highest BCUT2D eigenvalue weighted by Gasteiger charge is 2.34. The smallest absolute Gasteiger partial charge is 0.262 e. The minimum absolute atomic E-state index is 0.0899. The van der Waals surface area contributed by atoms with E-state index in [1.807, 2.05) is 18.2 Å². The van der Waals surface area contributed by atoms with Gasteiger partial charge in [0.1, 0.15) is 5.75 Å². The zero-order valence-electron chi connectivity index (χ0n) is 17.5. The van der Waals surface area contributed by atoms with Crippen molar-refractivity contribution in [1.29, 1.82) is 0 Å². The lowest BCUT2D eigenvalue weighted by Gasteiger charge is -2.17. The second-order valence-electron chi connectivity index (χ2n) is 7.24. The Kier molecular flexibility index (Phi) is 8.00. The highest BCUT2D eigenvalue weighted by atomic mass is 16.5. The van der Waals surface area contributed by atoms with Crippen LogP contribution in [0.4, 0.5) is 11.4 Å². The van der Waals surface area contributed by atoms with E-state index in [9.17, 15) is 14.4 Å². The van der Waals surface area contributed by atoms with Crippen molar-refractivity contribution in [2.45, 2.75) is 12.8 Å². The van der Waals surface area contributed by atoms with Gasteiger partial charge in [-0.3, -0.25) is 14.4 Å². The number of ether oxygens (including phenoxy) is 2. The number of para-hydroxylation sites is 1. The zero-order valence-corrected chi connectivity index (χ0v) is 17.5. The third-order valence-electron chi connectivity index (χ3n) is 4.90. The summed E-state index contributed by atoms with van der Waals surface area (Å²) in [5.74, 6) is -0.313. The van der Waals surface area contributed by atoms with Crippen LogP contribution in [0.1, 0.15) is 12.8 Å². The molecule has 0 aromatic heterocycles. The fraction of sp³-hybridized carbons (Fsp3) is 0.348. The third-order valence-corrected chi connectivity index (χ3v) is 4.90. The first-order chi connectivity index (χ1) is 15.1. The first kappa shape index (κ1) is 22.3. The molecule has 0 spiro atoms. The van der Waals surface area contributed by atoms with Gasteiger partial charge < -0.3 is 25.0 Å². The number of amides is 3. The number of hydrogen-bond acceptors (Lipinski definition) is 5. The molecule has 164 valence electrons. The van der Waals surface area contributed by atoms with Gasteiger partial charge in [-0.1, -0.05) is 18.2 Å². The quantitative estimate of drug-likeness (QED) is 0.569. The van der Waals surface area contributed by atoms with Crippen LogP contribution in [0.15, 0.2) is 54.6 Å². The van der Waals surface area contributed by atoms with Crippen LogP contribution < -0.4 is 20.3 Å². The van der Waals surface area contributed by atoms with Gasteiger partial charge in [0.2, 0.25) is 11.8 Å². The minimum Gasteiger partial charge on any atom is -0.484 e. The molecule has 1 aliphatic rings. The number of carbonyl (C=O) groups is 3. The molecular formula is C23H27N3O5. The van der Waals surface area contributed by atoms with Crippen molar-refractivity contribution >= 4 is 29.1 Å². The second-order valence-corrected chi connectivity index (χ2v) is 7.24. The van der Waals surface area contributed by atoms with E-state index in [-0.39, 0.29) is 36.7 Å². The van der Waals surface area contributed by atoms with Crippen molar-refractivity contribution in [3.63, 3.8) is 0 Å². The molecule has 8 heteroatoms. The van der Waals surface area contributed by atoms with Gasteiger partial charge in [0.05, 0.1) is 5.92 Å². The molecule has 8 nitrogen and oxygen atoms in total. The molecule has 0 bridgehead atoms. The molecule has 1 saturated heterocycles. The van der Waals surface area contributed by atoms with Crippen molar-refractivity contribution in [2.24, 2.45) is 5.92 Å². The van der Waals surface area contributed by atoms with Crippen LogP contribution in [-0.4, -0.2) is 51.1 Å². The van der Waals surface area contributed by atoms with E-state index in [2.05, 4.69) is 10.6 Å². The normalized spacial score (nSPS) is 15.6. The second kappa shape index (κ2) is 11.1. The lowest BCUT2D eigenvalue weighted by atomic mass is 10.1. The average molecular weight is 425 g/mol. The van der Waals surface area contributed by atoms with Gasteiger partial charge in [-0.2, -0.15) is 0 Å². The largest absolute Gasteiger partial charge is 0.484 e. The Morgan fingerprint density at radius 2 is 1.84 bits per heavy atom. The van der Waals surface area contributed by atoms with Crippen molar-refractivity contribution in [2.75, 3.05) is 43.6 Å². The topological polar surface area (TPSA) is 97.0 Å². The number of carbonyl (C=O) groups excluding carboxylic acids is 3. The van der Waals surface area contributed by atoms with Crippen LogP contribution in [0.25, 0.3) is 0 Å². The van der Waals surface area contributed by atoms with Crippen molar-refractivity contribution in [1.82, 2.24) is 5.32 Å². The van der Waals surface area contributed by atoms with E-state index in [1.54, 1.807) is 48.4 Å². The highest BCUT2D eigenvalue weighted by Crippen LogP contribution is 2.27. The Balaban J connectivity index is 1.47. The van der Waals surface area contributed by atoms with Crippen LogP contribution in [0, 0.1) is 5.92 Å². The van der Waals surface area contributed by atoms with Crippen molar-refractivity contribution in [3.8, 4) is 5.75 Å². The first-order valence-corrected chi connectivity index (χ1v) is 10.2. The molecule has 1 heterocycles. The highest BCUT2D eigenvalue weighted by molar-refractivity contribution is 6.00. The molecule has 2 N–H and O–H groups in total. The van der Waals surface area contributed by atoms with E-state index >= 15 is 0 Å². The molecule has 1 aliphatic heterocycles. The summed E-state index contributed by atoms with van der Waals surface area (Å²) in [6.45, 7) is 1.33. The van der Waals surface area contributed by atoms with Crippen LogP contribution in [-0.2, 0) is 19.1 Å². The summed E-state index contributed by atoms with van der Waals surface area (Å²) in [4.78, 5) is 38.2. The van der Waals surface area contributed by atoms with Gasteiger partial charge in [-0.25, -0.2) is 0 Å². The lowest BCUT2D eigenvalue weighted by Crippen LogP contribution is -2.33. The molecule has 3 amide bonds. The summed E-state index contributed by atoms with van der Waals surface area (Å²) in [5.41, 5.74) is 1.40. The molecule has 2 aromatic rings. The summed E-state index contributed by atoms with van der Waals surface area (Å²) in [5, 5.41) is 5.60. The zero-order chi connectivity index (χ0) is 22.1. The molecule has 1 atom stereocenters. The number of methoxy groups -OCH3 is 1. The number of anilines is 2. The fourth-order valence-corrected chi connectivity index (χ4v) is 3.29. The first-order valence-electron chi connectivity index (χ1n) is 10.2. The van der Waals surface area contributed by atoms with Gasteiger partial charge in [0.25, 0.3) is 5.91 Å². The monoisotopic (exact) mass is 425 g/mol. The predicted octanol–water partition coefficient (Wildman–Crippen LogP) is 2.21. The predicted molar refractivity (Wildman–Crippen MR) is 117 cm³/mol. The van der Waals surface area contributed by atoms with Crippen LogP contribution in [0.2, 0.25) is 0 Å². The van der Waals surface area contributed by atoms with Crippen LogP contribution >= 0.6 is 0 Å². The Morgan fingerprint density at radius 3 is 2.55 bits per heavy atom. The molecule has 1 fully saturated rings. The summed E-state index contributed by atoms with van der Waals surface area (Å²) >= 11 is 0. The van der Waals surface area contributed by atoms with Gasteiger partial charge in [-0.15, -0.1) is 0 Å². The number of nitrogens with zero attached hydrogens (tertiary/aromatic N) is 1. The number of rotatable bonds is 10. The average Bonchev–Trinajstić information content (AvgIpc) is 3.18. The third kappa shape index (κ3) is 6.55. The fourth-order valence-electron chi connectivity index (χ4n) is 3.29. The maximum absolute atomic E-state index is 12.4. The Labute approximate surface area is 181 Å². The van der Waals surface area contributed by atoms with Gasteiger partial charge in [-0.05, 0) is 42.8 Å². The maximum Gasteiger partial charge on any atom is 0.262 e. The summed E-state index contributed by atoms with van der Waals surface area (Å²) in [6.07, 6.45) is 0.922. The number of nitrogens with one attached hydrogen (secondary N) is 2. The SMILES string of the molecule is COCCCNC(=O)[C@@H]1CC(=O)N(c2ccc(OCC(=O)Nc3ccccc3)cc2)C1. The van der Waals surface area contributed by atoms with Crippen molar-refractivity contribution < 1.29 is 23.9 Å². The van der Waals surface area contributed by atoms with E-state index in [0.717, 1.165) is 6.42 Å². The molecule has 0 unspecified atom stereocenters. The Bertz CT molecular complexity index is 886. The molecule has 0 radical (unpaired) electrons. The molecule has 0 saturated carbocycles. The molecular weight excluding hydrogens is 398 g/mol. The van der Waals surface area contributed by atoms with Crippen molar-refractivity contribution in [3.05, 3.63) is 54.6 Å². The Morgan fingerprint density at radius 1 is 1.10 bits per heavy atom. The van der Waals surface area contributed by atoms with E-state index in [0.29, 0.717) is 36.8 Å². The summed E-state index contributed by atoms with van der Waals surface area (Å²) in [6, 6.07) is 16.1. The van der Waals surface area contributed by atoms with Crippen LogP contribution in [0.3, 0.4) is 0 Å². The minimum atomic E-state index is -0.368. The lowest BCUT2D eigenvalue weighted by molar-refractivity contribution is -0.126. The maximum atomic E-state index is 12.4. The molecule has 3 rings (SSSR count). The number of hydrogen-bond donors (Lipinski definition) is 2. The molecule has 31 heavy (non-hydrogen) atoms. The van der Waals surface area contributed by atoms with Gasteiger partial charge >= 0.3 is 0 Å². The van der Waals surface area contributed by atoms with Gasteiger partial charge in [0.15, 0.2) is 6.61 Å². The Hall–Kier alpha value is -3.39. The van der Waals surface area contributed by atoms with Crippen LogP contribution in [0.5, 0.6) is 5.75 Å². The van der Waals surface area contributed by atoms with E-state index < -0.39 is 0 Å². The molecule has 0 aliphatic carbocycles. The standard InChI is InChI=1S/C23H27N3O5/c1-30-13-5-12-24-23(29)17-14-22(28)26(15-17)19-8-10-20(11-9-19)31-16-21(27)25-18-6-3-2-4-7-18/h2-4,6-11,17H,5,12-16H2,1H3,(H,24,29)(H,25,27)/t17-/m1/s1.